The summed E-state index contributed by atoms with van der Waals surface area (Å²) in [4.78, 5) is 0. The normalized spacial score (nSPS) is 37.9. The summed E-state index contributed by atoms with van der Waals surface area (Å²) in [5.41, 5.74) is -4.28. The Kier molecular flexibility index (Phi) is 0.738. The second kappa shape index (κ2) is 5.03. The average Bonchev–Trinajstić information content (AvgIpc) is 2.60. The smallest absolute Gasteiger partial charge is 0.0347 e. The van der Waals surface area contributed by atoms with E-state index in [1.165, 1.54) is 0 Å². The molecule has 0 aliphatic rings. The van der Waals surface area contributed by atoms with Gasteiger partial charge in [0.15, 0.2) is 0 Å². The maximum absolute atomic E-state index is 8.52. The maximum Gasteiger partial charge on any atom is 0.0347 e. The molecule has 0 heteroatoms. The summed E-state index contributed by atoms with van der Waals surface area (Å²) in [5.74, 6) is -11.0. The monoisotopic (exact) mass is 239 g/mol. The lowest BCUT2D eigenvalue weighted by Crippen LogP contribution is -2.03. The molecule has 0 aliphatic carbocycles. The van der Waals surface area contributed by atoms with Crippen LogP contribution >= 0.6 is 0 Å². The van der Waals surface area contributed by atoms with Crippen LogP contribution in [0, 0.1) is 6.92 Å². The Balaban J connectivity index is 4.70. The van der Waals surface area contributed by atoms with Crippen LogP contribution in [0.5, 0.6) is 0 Å². The van der Waals surface area contributed by atoms with Crippen molar-refractivity contribution in [3.8, 4) is 0 Å². The third-order valence-corrected chi connectivity index (χ3v) is 2.24. The van der Waals surface area contributed by atoms with Gasteiger partial charge in [0.1, 0.15) is 0 Å². The molecule has 0 aliphatic heterocycles. The molecule has 16 heavy (non-hydrogen) atoms. The summed E-state index contributed by atoms with van der Waals surface area (Å²) < 4.78 is 165. The van der Waals surface area contributed by atoms with Gasteiger partial charge < -0.3 is 0 Å². The molecule has 0 saturated carbocycles. The van der Waals surface area contributed by atoms with Crippen molar-refractivity contribution < 1.29 is 28.8 Å². The van der Waals surface area contributed by atoms with Gasteiger partial charge in [-0.2, -0.15) is 0 Å². The largest absolute Gasteiger partial charge is 0.0587 e. The van der Waals surface area contributed by atoms with Gasteiger partial charge in [0.25, 0.3) is 0 Å². The van der Waals surface area contributed by atoms with E-state index < -0.39 is 81.0 Å². The van der Waals surface area contributed by atoms with Gasteiger partial charge in [-0.05, 0) is 46.9 Å². The fraction of sp³-hybridized carbons (Fsp3) is 0.625. The van der Waals surface area contributed by atoms with E-state index in [9.17, 15) is 0 Å². The summed E-state index contributed by atoms with van der Waals surface area (Å²) >= 11 is 0. The molecule has 0 spiro atoms. The highest BCUT2D eigenvalue weighted by atomic mass is 14.2. The van der Waals surface area contributed by atoms with Crippen LogP contribution in [0.2, 0.25) is 0 Å². The van der Waals surface area contributed by atoms with Crippen LogP contribution in [0.4, 0.5) is 0 Å². The van der Waals surface area contributed by atoms with Gasteiger partial charge in [-0.3, -0.25) is 0 Å². The third kappa shape index (κ3) is 2.66. The summed E-state index contributed by atoms with van der Waals surface area (Å²) in [6.45, 7) is -21.6. The highest BCUT2D eigenvalue weighted by Crippen LogP contribution is 2.31. The molecule has 0 radical (unpaired) electrons. The number of benzene rings is 1. The Labute approximate surface area is 131 Å². The van der Waals surface area contributed by atoms with E-state index in [4.69, 9.17) is 28.8 Å². The van der Waals surface area contributed by atoms with Gasteiger partial charge in [-0.15, -0.1) is 0 Å². The first-order valence-electron chi connectivity index (χ1n) is 14.9. The van der Waals surface area contributed by atoms with Crippen LogP contribution in [0.3, 0.4) is 0 Å². The molecule has 1 aromatic rings. The molecule has 0 N–H and O–H groups in total. The summed E-state index contributed by atoms with van der Waals surface area (Å²) in [6.07, 6.45) is 0. The van der Waals surface area contributed by atoms with Crippen LogP contribution < -0.4 is 0 Å². The number of rotatable bonds is 3. The van der Waals surface area contributed by atoms with Gasteiger partial charge in [0.2, 0.25) is 0 Å². The standard InChI is InChI=1S/C16H26/c1-10(2)14-8-15(11(3)4)13(7)16(9-14)12(5)6/h8-12H,1-7H3/i1D3,2D3,3D3,4D3,5D3,6D3,10D,11D,12D. The third-order valence-electron chi connectivity index (χ3n) is 2.24. The Hall–Kier alpha value is -0.780. The molecular formula is C16H26. The Bertz CT molecular complexity index is 891. The van der Waals surface area contributed by atoms with Crippen molar-refractivity contribution in [1.82, 2.24) is 0 Å². The van der Waals surface area contributed by atoms with E-state index in [1.807, 2.05) is 0 Å². The van der Waals surface area contributed by atoms with Crippen molar-refractivity contribution in [1.29, 1.82) is 0 Å². The van der Waals surface area contributed by atoms with Gasteiger partial charge in [0.05, 0.1) is 0 Å². The molecule has 1 rings (SSSR count). The topological polar surface area (TPSA) is 0 Å². The lowest BCUT2D eigenvalue weighted by Gasteiger charge is -2.20. The van der Waals surface area contributed by atoms with E-state index in [0.717, 1.165) is 6.92 Å². The van der Waals surface area contributed by atoms with Crippen molar-refractivity contribution in [2.24, 2.45) is 0 Å². The van der Waals surface area contributed by atoms with E-state index in [2.05, 4.69) is 0 Å². The molecule has 0 bridgehead atoms. The molecule has 0 saturated heterocycles. The molecule has 0 atom stereocenters. The van der Waals surface area contributed by atoms with Crippen molar-refractivity contribution in [3.05, 3.63) is 34.4 Å². The van der Waals surface area contributed by atoms with Crippen molar-refractivity contribution in [3.63, 3.8) is 0 Å². The molecule has 0 amide bonds. The zero-order valence-corrected chi connectivity index (χ0v) is 8.65. The highest BCUT2D eigenvalue weighted by Gasteiger charge is 2.13. The second-order valence-electron chi connectivity index (χ2n) is 3.32. The number of hydrogen-bond donors (Lipinski definition) is 0. The van der Waals surface area contributed by atoms with E-state index in [-0.39, 0.29) is 0 Å². The lowest BCUT2D eigenvalue weighted by molar-refractivity contribution is 0.792. The molecule has 1 aromatic carbocycles. The van der Waals surface area contributed by atoms with Gasteiger partial charge in [-0.25, -0.2) is 0 Å². The molecule has 0 nitrogen and oxygen atoms in total. The highest BCUT2D eigenvalue weighted by molar-refractivity contribution is 5.42. The first-order valence-corrected chi connectivity index (χ1v) is 4.40. The zero-order valence-electron chi connectivity index (χ0n) is 29.7. The molecule has 0 fully saturated rings. The first-order chi connectivity index (χ1) is 15.7. The minimum atomic E-state index is -3.74. The second-order valence-corrected chi connectivity index (χ2v) is 3.32. The fourth-order valence-corrected chi connectivity index (χ4v) is 1.38. The molecular weight excluding hydrogens is 192 g/mol. The Morgan fingerprint density at radius 2 is 1.31 bits per heavy atom. The van der Waals surface area contributed by atoms with E-state index in [1.54, 1.807) is 0 Å². The van der Waals surface area contributed by atoms with E-state index in [0.29, 0.717) is 12.1 Å². The molecule has 0 unspecified atom stereocenters. The van der Waals surface area contributed by atoms with Gasteiger partial charge in [-0.1, -0.05) is 53.2 Å². The van der Waals surface area contributed by atoms with Crippen LogP contribution in [0.25, 0.3) is 0 Å². The molecule has 90 valence electrons. The Morgan fingerprint density at radius 3 is 1.69 bits per heavy atom. The zero-order chi connectivity index (χ0) is 30.2. The fourth-order valence-electron chi connectivity index (χ4n) is 1.38. The summed E-state index contributed by atoms with van der Waals surface area (Å²) in [5, 5.41) is 0. The van der Waals surface area contributed by atoms with Crippen molar-refractivity contribution in [2.75, 3.05) is 0 Å². The van der Waals surface area contributed by atoms with Gasteiger partial charge in [0, 0.05) is 28.8 Å². The SMILES string of the molecule is [2H]C([2H])([2H])C([2H])(c1cc(C([2H])(C([2H])([2H])[2H])C([2H])([2H])[2H])c(C)c(C([2H])(C([2H])([2H])[2H])C([2H])([2H])[2H])c1)C([2H])([2H])[2H]. The lowest BCUT2D eigenvalue weighted by atomic mass is 9.85. The van der Waals surface area contributed by atoms with E-state index >= 15 is 0 Å². The Morgan fingerprint density at radius 1 is 0.875 bits per heavy atom. The quantitative estimate of drug-likeness (QED) is 0.665. The van der Waals surface area contributed by atoms with Crippen LogP contribution in [-0.4, -0.2) is 0 Å². The summed E-state index contributed by atoms with van der Waals surface area (Å²) in [6, 6.07) is 0.769. The minimum Gasteiger partial charge on any atom is -0.0587 e. The van der Waals surface area contributed by atoms with Gasteiger partial charge >= 0.3 is 0 Å². The minimum absolute atomic E-state index is 0.385. The maximum atomic E-state index is 8.52. The van der Waals surface area contributed by atoms with Crippen LogP contribution in [0.15, 0.2) is 12.1 Å². The molecule has 0 aromatic heterocycles. The van der Waals surface area contributed by atoms with Crippen molar-refractivity contribution in [2.45, 2.75) is 65.7 Å². The van der Waals surface area contributed by atoms with Crippen LogP contribution in [-0.2, 0) is 0 Å². The van der Waals surface area contributed by atoms with Crippen molar-refractivity contribution >= 4 is 0 Å². The molecule has 0 heterocycles. The first kappa shape index (κ1) is 2.35. The average molecular weight is 240 g/mol. The number of hydrogen-bond acceptors (Lipinski definition) is 0. The predicted octanol–water partition coefficient (Wildman–Crippen LogP) is 5.37. The van der Waals surface area contributed by atoms with Crippen LogP contribution in [0.1, 0.15) is 110 Å². The summed E-state index contributed by atoms with van der Waals surface area (Å²) in [7, 11) is 0. The predicted molar refractivity (Wildman–Crippen MR) is 73.4 cm³/mol.